The van der Waals surface area contributed by atoms with Gasteiger partial charge >= 0.3 is 0 Å². The number of amides is 2. The van der Waals surface area contributed by atoms with E-state index in [1.165, 1.54) is 12.0 Å². The van der Waals surface area contributed by atoms with Crippen molar-refractivity contribution in [2.24, 2.45) is 5.73 Å². The van der Waals surface area contributed by atoms with Crippen LogP contribution >= 0.6 is 0 Å². The third-order valence-corrected chi connectivity index (χ3v) is 4.16. The molecule has 0 saturated carbocycles. The fourth-order valence-corrected chi connectivity index (χ4v) is 3.01. The average Bonchev–Trinajstić information content (AvgIpc) is 2.92. The van der Waals surface area contributed by atoms with E-state index in [0.717, 1.165) is 0 Å². The summed E-state index contributed by atoms with van der Waals surface area (Å²) in [5.74, 6) is -0.804. The molecule has 2 N–H and O–H groups in total. The molecular formula is C16H19N3O3. The summed E-state index contributed by atoms with van der Waals surface area (Å²) in [6.07, 6.45) is 1.20. The Balaban J connectivity index is 2.39. The van der Waals surface area contributed by atoms with E-state index in [0.29, 0.717) is 36.1 Å². The number of likely N-dealkylation sites (tertiary alicyclic amines) is 1. The van der Waals surface area contributed by atoms with Crippen molar-refractivity contribution in [3.05, 3.63) is 34.9 Å². The summed E-state index contributed by atoms with van der Waals surface area (Å²) in [6, 6.07) is 6.91. The monoisotopic (exact) mass is 301 g/mol. The number of ether oxygens (including phenoxy) is 1. The number of carbonyl (C=O) groups is 2. The van der Waals surface area contributed by atoms with E-state index in [9.17, 15) is 9.59 Å². The zero-order valence-electron chi connectivity index (χ0n) is 12.8. The van der Waals surface area contributed by atoms with Gasteiger partial charge in [0.25, 0.3) is 5.91 Å². The number of nitrogens with two attached hydrogens (primary N) is 1. The molecule has 22 heavy (non-hydrogen) atoms. The van der Waals surface area contributed by atoms with E-state index in [1.807, 2.05) is 6.07 Å². The van der Waals surface area contributed by atoms with Crippen LogP contribution in [-0.2, 0) is 9.53 Å². The van der Waals surface area contributed by atoms with Crippen molar-refractivity contribution < 1.29 is 14.3 Å². The Morgan fingerprint density at radius 3 is 2.77 bits per heavy atom. The van der Waals surface area contributed by atoms with Crippen LogP contribution in [0.25, 0.3) is 0 Å². The molecule has 0 aromatic heterocycles. The summed E-state index contributed by atoms with van der Waals surface area (Å²) in [4.78, 5) is 26.3. The lowest BCUT2D eigenvalue weighted by atomic mass is 9.95. The highest BCUT2D eigenvalue weighted by Gasteiger charge is 2.49. The summed E-state index contributed by atoms with van der Waals surface area (Å²) in [5.41, 5.74) is 6.13. The molecule has 1 heterocycles. The van der Waals surface area contributed by atoms with Gasteiger partial charge in [0.1, 0.15) is 5.54 Å². The molecular weight excluding hydrogens is 282 g/mol. The van der Waals surface area contributed by atoms with Gasteiger partial charge in [0.2, 0.25) is 5.91 Å². The van der Waals surface area contributed by atoms with Gasteiger partial charge < -0.3 is 15.4 Å². The van der Waals surface area contributed by atoms with E-state index in [-0.39, 0.29) is 12.5 Å². The van der Waals surface area contributed by atoms with Gasteiger partial charge in [-0.3, -0.25) is 9.59 Å². The van der Waals surface area contributed by atoms with Crippen LogP contribution in [0.15, 0.2) is 18.2 Å². The highest BCUT2D eigenvalue weighted by molar-refractivity contribution is 6.00. The van der Waals surface area contributed by atoms with E-state index in [2.05, 4.69) is 0 Å². The number of nitriles is 1. The van der Waals surface area contributed by atoms with Gasteiger partial charge in [-0.15, -0.1) is 0 Å². The molecule has 0 bridgehead atoms. The van der Waals surface area contributed by atoms with Crippen LogP contribution in [0.4, 0.5) is 0 Å². The number of benzene rings is 1. The van der Waals surface area contributed by atoms with Gasteiger partial charge in [-0.05, 0) is 43.5 Å². The Morgan fingerprint density at radius 1 is 1.50 bits per heavy atom. The van der Waals surface area contributed by atoms with Crippen LogP contribution in [0, 0.1) is 18.3 Å². The molecule has 2 rings (SSSR count). The maximum absolute atomic E-state index is 12.8. The first-order valence-corrected chi connectivity index (χ1v) is 7.08. The zero-order valence-corrected chi connectivity index (χ0v) is 12.8. The number of primary amides is 1. The predicted octanol–water partition coefficient (Wildman–Crippen LogP) is 0.973. The van der Waals surface area contributed by atoms with Gasteiger partial charge in [-0.1, -0.05) is 0 Å². The first-order valence-electron chi connectivity index (χ1n) is 7.08. The minimum absolute atomic E-state index is 0.0867. The van der Waals surface area contributed by atoms with Crippen molar-refractivity contribution in [2.75, 3.05) is 20.3 Å². The van der Waals surface area contributed by atoms with Crippen molar-refractivity contribution >= 4 is 11.8 Å². The largest absolute Gasteiger partial charge is 0.382 e. The summed E-state index contributed by atoms with van der Waals surface area (Å²) in [5, 5.41) is 8.91. The second-order valence-corrected chi connectivity index (χ2v) is 5.53. The second kappa shape index (κ2) is 6.16. The summed E-state index contributed by atoms with van der Waals surface area (Å²) in [7, 11) is 1.48. The molecule has 1 aliphatic heterocycles. The predicted molar refractivity (Wildman–Crippen MR) is 80.0 cm³/mol. The highest BCUT2D eigenvalue weighted by Crippen LogP contribution is 2.31. The normalized spacial score (nSPS) is 20.7. The van der Waals surface area contributed by atoms with Gasteiger partial charge in [0.05, 0.1) is 18.2 Å². The third-order valence-electron chi connectivity index (χ3n) is 4.16. The Labute approximate surface area is 129 Å². The standard InChI is InChI=1S/C16H19N3O3/c1-11-8-12(9-17)4-5-13(11)14(20)19-7-3-6-16(19,10-22-2)15(18)21/h4-5,8H,3,6-7,10H2,1-2H3,(H2,18,21). The van der Waals surface area contributed by atoms with Gasteiger partial charge in [-0.25, -0.2) is 0 Å². The van der Waals surface area contributed by atoms with Crippen molar-refractivity contribution in [3.8, 4) is 6.07 Å². The zero-order chi connectivity index (χ0) is 16.3. The van der Waals surface area contributed by atoms with Crippen molar-refractivity contribution in [2.45, 2.75) is 25.3 Å². The van der Waals surface area contributed by atoms with Crippen molar-refractivity contribution in [3.63, 3.8) is 0 Å². The molecule has 1 aromatic carbocycles. The van der Waals surface area contributed by atoms with Crippen LogP contribution in [0.2, 0.25) is 0 Å². The Bertz CT molecular complexity index is 651. The van der Waals surface area contributed by atoms with Crippen LogP contribution in [0.1, 0.15) is 34.3 Å². The lowest BCUT2D eigenvalue weighted by molar-refractivity contribution is -0.130. The highest BCUT2D eigenvalue weighted by atomic mass is 16.5. The molecule has 1 fully saturated rings. The summed E-state index contributed by atoms with van der Waals surface area (Å²) in [6.45, 7) is 2.32. The minimum atomic E-state index is -1.09. The lowest BCUT2D eigenvalue weighted by Gasteiger charge is -2.35. The molecule has 1 aromatic rings. The molecule has 1 atom stereocenters. The molecule has 1 saturated heterocycles. The van der Waals surface area contributed by atoms with Gasteiger partial charge in [0, 0.05) is 19.2 Å². The molecule has 0 spiro atoms. The number of hydrogen-bond donors (Lipinski definition) is 1. The van der Waals surface area contributed by atoms with E-state index < -0.39 is 11.4 Å². The van der Waals surface area contributed by atoms with Crippen molar-refractivity contribution in [1.82, 2.24) is 4.90 Å². The van der Waals surface area contributed by atoms with Crippen LogP contribution in [-0.4, -0.2) is 42.5 Å². The quantitative estimate of drug-likeness (QED) is 0.896. The number of rotatable bonds is 4. The number of nitrogens with zero attached hydrogens (tertiary/aromatic N) is 2. The molecule has 2 amide bonds. The van der Waals surface area contributed by atoms with Crippen molar-refractivity contribution in [1.29, 1.82) is 5.26 Å². The van der Waals surface area contributed by atoms with Crippen LogP contribution in [0.3, 0.4) is 0 Å². The Morgan fingerprint density at radius 2 is 2.23 bits per heavy atom. The lowest BCUT2D eigenvalue weighted by Crippen LogP contribution is -2.58. The smallest absolute Gasteiger partial charge is 0.255 e. The fourth-order valence-electron chi connectivity index (χ4n) is 3.01. The first-order chi connectivity index (χ1) is 10.5. The maximum atomic E-state index is 12.8. The minimum Gasteiger partial charge on any atom is -0.382 e. The number of aryl methyl sites for hydroxylation is 1. The number of hydrogen-bond acceptors (Lipinski definition) is 4. The molecule has 1 aliphatic rings. The third kappa shape index (κ3) is 2.55. The molecule has 116 valence electrons. The summed E-state index contributed by atoms with van der Waals surface area (Å²) >= 11 is 0. The molecule has 0 radical (unpaired) electrons. The number of methoxy groups -OCH3 is 1. The number of carbonyl (C=O) groups excluding carboxylic acids is 2. The Hall–Kier alpha value is -2.39. The summed E-state index contributed by atoms with van der Waals surface area (Å²) < 4.78 is 5.14. The van der Waals surface area contributed by atoms with Gasteiger partial charge in [0.15, 0.2) is 0 Å². The molecule has 1 unspecified atom stereocenters. The van der Waals surface area contributed by atoms with E-state index >= 15 is 0 Å². The van der Waals surface area contributed by atoms with Gasteiger partial charge in [-0.2, -0.15) is 5.26 Å². The topological polar surface area (TPSA) is 96.4 Å². The molecule has 0 aliphatic carbocycles. The SMILES string of the molecule is COCC1(C(N)=O)CCCN1C(=O)c1ccc(C#N)cc1C. The Kier molecular flexibility index (Phi) is 4.48. The van der Waals surface area contributed by atoms with Crippen LogP contribution < -0.4 is 5.73 Å². The molecule has 6 heteroatoms. The second-order valence-electron chi connectivity index (χ2n) is 5.53. The average molecular weight is 301 g/mol. The first kappa shape index (κ1) is 16.0. The van der Waals surface area contributed by atoms with E-state index in [4.69, 9.17) is 15.7 Å². The fraction of sp³-hybridized carbons (Fsp3) is 0.438. The maximum Gasteiger partial charge on any atom is 0.255 e. The van der Waals surface area contributed by atoms with Crippen LogP contribution in [0.5, 0.6) is 0 Å². The van der Waals surface area contributed by atoms with E-state index in [1.54, 1.807) is 25.1 Å². The molecule has 6 nitrogen and oxygen atoms in total.